The van der Waals surface area contributed by atoms with Crippen molar-refractivity contribution in [1.82, 2.24) is 5.32 Å². The van der Waals surface area contributed by atoms with Gasteiger partial charge in [0.05, 0.1) is 6.10 Å². The lowest BCUT2D eigenvalue weighted by Crippen LogP contribution is -2.30. The fourth-order valence-corrected chi connectivity index (χ4v) is 2.10. The molecule has 0 bridgehead atoms. The van der Waals surface area contributed by atoms with Crippen molar-refractivity contribution < 1.29 is 13.5 Å². The minimum absolute atomic E-state index is 0.300. The molecule has 0 aliphatic carbocycles. The van der Waals surface area contributed by atoms with Crippen LogP contribution in [0, 0.1) is 11.6 Å². The third kappa shape index (κ3) is 2.82. The van der Waals surface area contributed by atoms with E-state index in [9.17, 15) is 8.78 Å². The zero-order valence-electron chi connectivity index (χ0n) is 9.88. The van der Waals surface area contributed by atoms with Gasteiger partial charge in [-0.05, 0) is 18.9 Å². The van der Waals surface area contributed by atoms with Crippen LogP contribution >= 0.6 is 0 Å². The molecule has 1 aliphatic heterocycles. The highest BCUT2D eigenvalue weighted by Crippen LogP contribution is 2.24. The van der Waals surface area contributed by atoms with Crippen LogP contribution in [-0.2, 0) is 4.74 Å². The van der Waals surface area contributed by atoms with Crippen molar-refractivity contribution in [2.45, 2.75) is 31.9 Å². The predicted octanol–water partition coefficient (Wildman–Crippen LogP) is 2.79. The first-order valence-corrected chi connectivity index (χ1v) is 6.01. The summed E-state index contributed by atoms with van der Waals surface area (Å²) in [7, 11) is 0. The molecular formula is C13H17F2NO. The van der Waals surface area contributed by atoms with Crippen LogP contribution in [0.3, 0.4) is 0 Å². The molecule has 0 saturated carbocycles. The van der Waals surface area contributed by atoms with E-state index in [2.05, 4.69) is 12.2 Å². The van der Waals surface area contributed by atoms with E-state index in [1.54, 1.807) is 6.07 Å². The minimum Gasteiger partial charge on any atom is -0.372 e. The monoisotopic (exact) mass is 241 g/mol. The van der Waals surface area contributed by atoms with Gasteiger partial charge in [-0.15, -0.1) is 0 Å². The molecule has 4 heteroatoms. The number of rotatable bonds is 2. The Balaban J connectivity index is 2.14. The van der Waals surface area contributed by atoms with Gasteiger partial charge in [0.2, 0.25) is 0 Å². The molecule has 1 heterocycles. The summed E-state index contributed by atoms with van der Waals surface area (Å²) in [4.78, 5) is 0. The van der Waals surface area contributed by atoms with Crippen LogP contribution in [0.5, 0.6) is 0 Å². The molecule has 94 valence electrons. The molecule has 2 unspecified atom stereocenters. The normalized spacial score (nSPS) is 25.6. The highest BCUT2D eigenvalue weighted by atomic mass is 19.2. The van der Waals surface area contributed by atoms with Gasteiger partial charge in [-0.3, -0.25) is 0 Å². The van der Waals surface area contributed by atoms with Gasteiger partial charge in [-0.1, -0.05) is 19.1 Å². The number of halogens is 2. The second-order valence-corrected chi connectivity index (χ2v) is 4.30. The maximum absolute atomic E-state index is 13.6. The number of nitrogens with one attached hydrogen (secondary N) is 1. The number of hydrogen-bond acceptors (Lipinski definition) is 2. The van der Waals surface area contributed by atoms with E-state index in [0.29, 0.717) is 24.8 Å². The molecule has 0 aromatic heterocycles. The fraction of sp³-hybridized carbons (Fsp3) is 0.538. The van der Waals surface area contributed by atoms with E-state index >= 15 is 0 Å². The average molecular weight is 241 g/mol. The Hall–Kier alpha value is -1.00. The van der Waals surface area contributed by atoms with Crippen molar-refractivity contribution in [1.29, 1.82) is 0 Å². The maximum Gasteiger partial charge on any atom is 0.164 e. The molecule has 0 spiro atoms. The van der Waals surface area contributed by atoms with E-state index in [4.69, 9.17) is 4.74 Å². The predicted molar refractivity (Wildman–Crippen MR) is 61.7 cm³/mol. The fourth-order valence-electron chi connectivity index (χ4n) is 2.10. The van der Waals surface area contributed by atoms with Gasteiger partial charge >= 0.3 is 0 Å². The lowest BCUT2D eigenvalue weighted by atomic mass is 10.1. The third-order valence-corrected chi connectivity index (χ3v) is 3.20. The van der Waals surface area contributed by atoms with Crippen LogP contribution in [0.4, 0.5) is 8.78 Å². The first kappa shape index (κ1) is 12.5. The van der Waals surface area contributed by atoms with Crippen LogP contribution in [-0.4, -0.2) is 19.2 Å². The van der Waals surface area contributed by atoms with Crippen LogP contribution < -0.4 is 5.32 Å². The Morgan fingerprint density at radius 2 is 2.24 bits per heavy atom. The van der Waals surface area contributed by atoms with Gasteiger partial charge in [-0.25, -0.2) is 8.78 Å². The van der Waals surface area contributed by atoms with Crippen molar-refractivity contribution in [3.8, 4) is 0 Å². The molecule has 1 aromatic rings. The van der Waals surface area contributed by atoms with Crippen molar-refractivity contribution in [3.63, 3.8) is 0 Å². The first-order chi connectivity index (χ1) is 8.22. The minimum atomic E-state index is -0.817. The van der Waals surface area contributed by atoms with E-state index in [1.165, 1.54) is 6.07 Å². The molecular weight excluding hydrogens is 224 g/mol. The summed E-state index contributed by atoms with van der Waals surface area (Å²) in [6.07, 6.45) is 1.52. The van der Waals surface area contributed by atoms with Crippen LogP contribution in [0.1, 0.15) is 31.4 Å². The maximum atomic E-state index is 13.6. The van der Waals surface area contributed by atoms with Gasteiger partial charge in [0.1, 0.15) is 0 Å². The molecule has 1 saturated heterocycles. The summed E-state index contributed by atoms with van der Waals surface area (Å²) in [6.45, 7) is 3.20. The average Bonchev–Trinajstić information content (AvgIpc) is 2.58. The standard InChI is InChI=1S/C13H17F2NO/c1-2-9-6-7-17-12(8-16-9)10-4-3-5-11(14)13(10)15/h3-5,9,12,16H,2,6-8H2,1H3. The van der Waals surface area contributed by atoms with Crippen molar-refractivity contribution >= 4 is 0 Å². The van der Waals surface area contributed by atoms with E-state index in [0.717, 1.165) is 18.9 Å². The molecule has 2 atom stereocenters. The third-order valence-electron chi connectivity index (χ3n) is 3.20. The Morgan fingerprint density at radius 3 is 3.00 bits per heavy atom. The second-order valence-electron chi connectivity index (χ2n) is 4.30. The number of ether oxygens (including phenoxy) is 1. The Morgan fingerprint density at radius 1 is 1.41 bits per heavy atom. The van der Waals surface area contributed by atoms with Crippen molar-refractivity contribution in [2.75, 3.05) is 13.2 Å². The molecule has 1 aromatic carbocycles. The lowest BCUT2D eigenvalue weighted by Gasteiger charge is -2.17. The van der Waals surface area contributed by atoms with Gasteiger partial charge in [0.15, 0.2) is 11.6 Å². The molecule has 1 aliphatic rings. The lowest BCUT2D eigenvalue weighted by molar-refractivity contribution is 0.0633. The highest BCUT2D eigenvalue weighted by molar-refractivity contribution is 5.22. The van der Waals surface area contributed by atoms with Gasteiger partial charge in [0, 0.05) is 24.8 Å². The summed E-state index contributed by atoms with van der Waals surface area (Å²) >= 11 is 0. The Kier molecular flexibility index (Phi) is 4.07. The van der Waals surface area contributed by atoms with Gasteiger partial charge in [0.25, 0.3) is 0 Å². The smallest absolute Gasteiger partial charge is 0.164 e. The largest absolute Gasteiger partial charge is 0.372 e. The highest BCUT2D eigenvalue weighted by Gasteiger charge is 2.22. The van der Waals surface area contributed by atoms with Crippen LogP contribution in [0.15, 0.2) is 18.2 Å². The van der Waals surface area contributed by atoms with E-state index in [1.807, 2.05) is 0 Å². The number of benzene rings is 1. The van der Waals surface area contributed by atoms with Gasteiger partial charge < -0.3 is 10.1 Å². The molecule has 2 rings (SSSR count). The summed E-state index contributed by atoms with van der Waals surface area (Å²) < 4.78 is 32.3. The Labute approximate surface area is 100.0 Å². The SMILES string of the molecule is CCC1CCOC(c2cccc(F)c2F)CN1. The zero-order chi connectivity index (χ0) is 12.3. The quantitative estimate of drug-likeness (QED) is 0.859. The van der Waals surface area contributed by atoms with Crippen LogP contribution in [0.2, 0.25) is 0 Å². The van der Waals surface area contributed by atoms with E-state index in [-0.39, 0.29) is 0 Å². The summed E-state index contributed by atoms with van der Waals surface area (Å²) in [5.74, 6) is -1.61. The molecule has 0 radical (unpaired) electrons. The molecule has 0 amide bonds. The summed E-state index contributed by atoms with van der Waals surface area (Å²) in [5, 5.41) is 3.31. The van der Waals surface area contributed by atoms with Gasteiger partial charge in [-0.2, -0.15) is 0 Å². The Bertz CT molecular complexity index is 384. The topological polar surface area (TPSA) is 21.3 Å². The second kappa shape index (κ2) is 5.56. The zero-order valence-corrected chi connectivity index (χ0v) is 9.88. The summed E-state index contributed by atoms with van der Waals surface area (Å²) in [5.41, 5.74) is 0.300. The molecule has 1 N–H and O–H groups in total. The van der Waals surface area contributed by atoms with Crippen molar-refractivity contribution in [2.24, 2.45) is 0 Å². The molecule has 2 nitrogen and oxygen atoms in total. The molecule has 17 heavy (non-hydrogen) atoms. The molecule has 1 fully saturated rings. The number of hydrogen-bond donors (Lipinski definition) is 1. The summed E-state index contributed by atoms with van der Waals surface area (Å²) in [6, 6.07) is 4.62. The van der Waals surface area contributed by atoms with Crippen LogP contribution in [0.25, 0.3) is 0 Å². The first-order valence-electron chi connectivity index (χ1n) is 6.01. The van der Waals surface area contributed by atoms with Crippen molar-refractivity contribution in [3.05, 3.63) is 35.4 Å². The van der Waals surface area contributed by atoms with E-state index < -0.39 is 17.7 Å².